The van der Waals surface area contributed by atoms with E-state index in [0.717, 1.165) is 6.54 Å². The van der Waals surface area contributed by atoms with Crippen LogP contribution < -0.4 is 5.73 Å². The predicted octanol–water partition coefficient (Wildman–Crippen LogP) is 0.675. The highest BCUT2D eigenvalue weighted by molar-refractivity contribution is 4.90. The van der Waals surface area contributed by atoms with Crippen molar-refractivity contribution < 1.29 is 0 Å². The molecule has 1 saturated heterocycles. The molecule has 0 radical (unpaired) electrons. The van der Waals surface area contributed by atoms with Gasteiger partial charge in [-0.1, -0.05) is 13.8 Å². The van der Waals surface area contributed by atoms with Gasteiger partial charge in [0, 0.05) is 25.7 Å². The van der Waals surface area contributed by atoms with E-state index in [1.54, 1.807) is 0 Å². The van der Waals surface area contributed by atoms with Crippen molar-refractivity contribution in [2.75, 3.05) is 19.6 Å². The number of nitrogens with zero attached hydrogens (tertiary/aromatic N) is 1. The molecule has 0 spiro atoms. The highest BCUT2D eigenvalue weighted by atomic mass is 15.2. The minimum Gasteiger partial charge on any atom is -0.329 e. The molecule has 0 aliphatic carbocycles. The van der Waals surface area contributed by atoms with Crippen LogP contribution in [-0.4, -0.2) is 30.6 Å². The van der Waals surface area contributed by atoms with E-state index in [0.29, 0.717) is 11.5 Å². The Bertz CT molecular complexity index is 112. The average molecular weight is 142 g/mol. The first kappa shape index (κ1) is 8.02. The van der Waals surface area contributed by atoms with E-state index in [9.17, 15) is 0 Å². The molecule has 2 nitrogen and oxygen atoms in total. The Morgan fingerprint density at radius 2 is 2.00 bits per heavy atom. The van der Waals surface area contributed by atoms with E-state index >= 15 is 0 Å². The fourth-order valence-electron chi connectivity index (χ4n) is 1.51. The first-order valence-electron chi connectivity index (χ1n) is 3.99. The summed E-state index contributed by atoms with van der Waals surface area (Å²) in [6.45, 7) is 10.0. The maximum absolute atomic E-state index is 5.53. The van der Waals surface area contributed by atoms with Crippen LogP contribution in [0.1, 0.15) is 20.8 Å². The Morgan fingerprint density at radius 3 is 2.30 bits per heavy atom. The summed E-state index contributed by atoms with van der Waals surface area (Å²) in [6.07, 6.45) is 0. The standard InChI is InChI=1S/C8H18N2/c1-7(4-9)10-5-8(2,3)6-10/h7H,4-6,9H2,1-3H3. The minimum atomic E-state index is 0.545. The Labute approximate surface area is 63.4 Å². The molecule has 1 heterocycles. The molecule has 1 atom stereocenters. The highest BCUT2D eigenvalue weighted by Gasteiger charge is 2.35. The quantitative estimate of drug-likeness (QED) is 0.614. The van der Waals surface area contributed by atoms with Crippen molar-refractivity contribution >= 4 is 0 Å². The number of hydrogen-bond acceptors (Lipinski definition) is 2. The van der Waals surface area contributed by atoms with Crippen LogP contribution in [0.5, 0.6) is 0 Å². The van der Waals surface area contributed by atoms with E-state index in [1.807, 2.05) is 0 Å². The minimum absolute atomic E-state index is 0.545. The van der Waals surface area contributed by atoms with Crippen LogP contribution in [-0.2, 0) is 0 Å². The van der Waals surface area contributed by atoms with E-state index < -0.39 is 0 Å². The second kappa shape index (κ2) is 2.51. The van der Waals surface area contributed by atoms with Gasteiger partial charge >= 0.3 is 0 Å². The van der Waals surface area contributed by atoms with Gasteiger partial charge in [0.05, 0.1) is 0 Å². The second-order valence-corrected chi connectivity index (χ2v) is 4.15. The molecule has 1 rings (SSSR count). The molecule has 0 aromatic carbocycles. The van der Waals surface area contributed by atoms with Crippen LogP contribution in [0.3, 0.4) is 0 Å². The molecule has 60 valence electrons. The lowest BCUT2D eigenvalue weighted by molar-refractivity contribution is 0.00279. The fraction of sp³-hybridized carbons (Fsp3) is 1.00. The molecule has 2 heteroatoms. The lowest BCUT2D eigenvalue weighted by Gasteiger charge is -2.48. The Hall–Kier alpha value is -0.0800. The number of rotatable bonds is 2. The summed E-state index contributed by atoms with van der Waals surface area (Å²) in [4.78, 5) is 2.43. The first-order chi connectivity index (χ1) is 4.55. The van der Waals surface area contributed by atoms with Gasteiger partial charge in [0.15, 0.2) is 0 Å². The van der Waals surface area contributed by atoms with Crippen LogP contribution in [0, 0.1) is 5.41 Å². The summed E-state index contributed by atoms with van der Waals surface area (Å²) in [7, 11) is 0. The molecule has 1 fully saturated rings. The molecule has 10 heavy (non-hydrogen) atoms. The third-order valence-corrected chi connectivity index (χ3v) is 2.23. The van der Waals surface area contributed by atoms with Gasteiger partial charge < -0.3 is 5.73 Å². The zero-order chi connectivity index (χ0) is 7.78. The summed E-state index contributed by atoms with van der Waals surface area (Å²) in [5.41, 5.74) is 6.07. The van der Waals surface area contributed by atoms with Gasteiger partial charge in [0.2, 0.25) is 0 Å². The lowest BCUT2D eigenvalue weighted by atomic mass is 9.83. The third kappa shape index (κ3) is 1.50. The van der Waals surface area contributed by atoms with Crippen molar-refractivity contribution in [3.05, 3.63) is 0 Å². The third-order valence-electron chi connectivity index (χ3n) is 2.23. The van der Waals surface area contributed by atoms with E-state index in [2.05, 4.69) is 25.7 Å². The van der Waals surface area contributed by atoms with E-state index in [-0.39, 0.29) is 0 Å². The monoisotopic (exact) mass is 142 g/mol. The summed E-state index contributed by atoms with van der Waals surface area (Å²) < 4.78 is 0. The van der Waals surface area contributed by atoms with Crippen molar-refractivity contribution in [1.29, 1.82) is 0 Å². The second-order valence-electron chi connectivity index (χ2n) is 4.15. The zero-order valence-corrected chi connectivity index (χ0v) is 7.22. The van der Waals surface area contributed by atoms with Gasteiger partial charge in [-0.25, -0.2) is 0 Å². The summed E-state index contributed by atoms with van der Waals surface area (Å²) in [5, 5.41) is 0. The normalized spacial score (nSPS) is 27.6. The molecule has 1 unspecified atom stereocenters. The predicted molar refractivity (Wildman–Crippen MR) is 43.9 cm³/mol. The highest BCUT2D eigenvalue weighted by Crippen LogP contribution is 2.29. The van der Waals surface area contributed by atoms with Crippen molar-refractivity contribution in [1.82, 2.24) is 4.90 Å². The van der Waals surface area contributed by atoms with Gasteiger partial charge in [-0.15, -0.1) is 0 Å². The molecule has 1 aliphatic heterocycles. The maximum Gasteiger partial charge on any atom is 0.0190 e. The van der Waals surface area contributed by atoms with Crippen molar-refractivity contribution in [2.24, 2.45) is 11.1 Å². The van der Waals surface area contributed by atoms with Crippen LogP contribution >= 0.6 is 0 Å². The topological polar surface area (TPSA) is 29.3 Å². The van der Waals surface area contributed by atoms with Crippen LogP contribution in [0.15, 0.2) is 0 Å². The van der Waals surface area contributed by atoms with Gasteiger partial charge in [-0.05, 0) is 12.3 Å². The molecule has 0 saturated carbocycles. The van der Waals surface area contributed by atoms with Gasteiger partial charge in [0.1, 0.15) is 0 Å². The molecule has 0 amide bonds. The molecule has 0 aromatic rings. The molecular weight excluding hydrogens is 124 g/mol. The Morgan fingerprint density at radius 1 is 1.50 bits per heavy atom. The van der Waals surface area contributed by atoms with Crippen molar-refractivity contribution in [2.45, 2.75) is 26.8 Å². The van der Waals surface area contributed by atoms with Crippen LogP contribution in [0.2, 0.25) is 0 Å². The number of nitrogens with two attached hydrogens (primary N) is 1. The lowest BCUT2D eigenvalue weighted by Crippen LogP contribution is -2.57. The summed E-state index contributed by atoms with van der Waals surface area (Å²) in [5.74, 6) is 0. The fourth-order valence-corrected chi connectivity index (χ4v) is 1.51. The van der Waals surface area contributed by atoms with E-state index in [4.69, 9.17) is 5.73 Å². The van der Waals surface area contributed by atoms with Crippen molar-refractivity contribution in [3.63, 3.8) is 0 Å². The van der Waals surface area contributed by atoms with Gasteiger partial charge in [0.25, 0.3) is 0 Å². The average Bonchev–Trinajstić information content (AvgIpc) is 1.81. The van der Waals surface area contributed by atoms with Gasteiger partial charge in [-0.3, -0.25) is 4.90 Å². The zero-order valence-electron chi connectivity index (χ0n) is 7.22. The van der Waals surface area contributed by atoms with Crippen LogP contribution in [0.4, 0.5) is 0 Å². The van der Waals surface area contributed by atoms with Gasteiger partial charge in [-0.2, -0.15) is 0 Å². The van der Waals surface area contributed by atoms with E-state index in [1.165, 1.54) is 13.1 Å². The smallest absolute Gasteiger partial charge is 0.0190 e. The summed E-state index contributed by atoms with van der Waals surface area (Å²) >= 11 is 0. The number of likely N-dealkylation sites (tertiary alicyclic amines) is 1. The molecule has 1 aliphatic rings. The van der Waals surface area contributed by atoms with Crippen LogP contribution in [0.25, 0.3) is 0 Å². The first-order valence-corrected chi connectivity index (χ1v) is 3.99. The SMILES string of the molecule is CC(CN)N1CC(C)(C)C1. The molecule has 2 N–H and O–H groups in total. The summed E-state index contributed by atoms with van der Waals surface area (Å²) in [6, 6.07) is 0.577. The largest absolute Gasteiger partial charge is 0.329 e. The molecule has 0 aromatic heterocycles. The van der Waals surface area contributed by atoms with Crippen molar-refractivity contribution in [3.8, 4) is 0 Å². The number of hydrogen-bond donors (Lipinski definition) is 1. The Kier molecular flexibility index (Phi) is 2.02. The Balaban J connectivity index is 2.26. The molecular formula is C8H18N2. The maximum atomic E-state index is 5.53. The molecule has 0 bridgehead atoms.